The van der Waals surface area contributed by atoms with Crippen LogP contribution in [0.1, 0.15) is 81.4 Å². The second-order valence-electron chi connectivity index (χ2n) is 8.49. The minimum atomic E-state index is -0.994. The molecule has 2 aromatic carbocycles. The highest BCUT2D eigenvalue weighted by Crippen LogP contribution is 2.48. The van der Waals surface area contributed by atoms with Crippen LogP contribution in [0.25, 0.3) is 0 Å². The van der Waals surface area contributed by atoms with Crippen molar-refractivity contribution < 1.29 is 8.78 Å². The summed E-state index contributed by atoms with van der Waals surface area (Å²) in [6.07, 6.45) is 11.9. The fraction of sp³-hybridized carbons (Fsp3) is 0.429. The van der Waals surface area contributed by atoms with Crippen molar-refractivity contribution in [2.75, 3.05) is 0 Å². The molecule has 0 amide bonds. The Kier molecular flexibility index (Phi) is 8.01. The lowest BCUT2D eigenvalue weighted by atomic mass is 9.70. The smallest absolute Gasteiger partial charge is 0.147 e. The molecule has 1 aliphatic rings. The van der Waals surface area contributed by atoms with Gasteiger partial charge in [-0.25, -0.2) is 8.78 Å². The second kappa shape index (κ2) is 10.7. The van der Waals surface area contributed by atoms with Crippen molar-refractivity contribution in [3.8, 4) is 0 Å². The van der Waals surface area contributed by atoms with Gasteiger partial charge in [0.25, 0.3) is 0 Å². The molecule has 2 heteroatoms. The zero-order valence-corrected chi connectivity index (χ0v) is 18.3. The van der Waals surface area contributed by atoms with E-state index in [9.17, 15) is 0 Å². The fourth-order valence-corrected chi connectivity index (χ4v) is 4.45. The lowest BCUT2D eigenvalue weighted by molar-refractivity contribution is 0.373. The van der Waals surface area contributed by atoms with Crippen LogP contribution >= 0.6 is 0 Å². The van der Waals surface area contributed by atoms with Gasteiger partial charge in [0.15, 0.2) is 0 Å². The highest BCUT2D eigenvalue weighted by atomic mass is 19.2. The molecule has 3 rings (SSSR count). The number of allylic oxidation sites excluding steroid dienone is 4. The number of aryl methyl sites for hydroxylation is 1. The van der Waals surface area contributed by atoms with E-state index in [2.05, 4.69) is 26.0 Å². The Hall–Kier alpha value is -2.22. The van der Waals surface area contributed by atoms with Crippen LogP contribution in [0.2, 0.25) is 0 Å². The third-order valence-electron chi connectivity index (χ3n) is 6.32. The predicted octanol–water partition coefficient (Wildman–Crippen LogP) is 8.74. The van der Waals surface area contributed by atoms with Gasteiger partial charge in [-0.05, 0) is 36.0 Å². The summed E-state index contributed by atoms with van der Waals surface area (Å²) >= 11 is 0. The Balaban J connectivity index is 1.92. The summed E-state index contributed by atoms with van der Waals surface area (Å²) < 4.78 is 31.1. The molecule has 0 spiro atoms. The number of rotatable bonds is 10. The molecular formula is C28H34F2. The van der Waals surface area contributed by atoms with Gasteiger partial charge in [0.1, 0.15) is 11.7 Å². The molecule has 2 unspecified atom stereocenters. The zero-order chi connectivity index (χ0) is 21.4. The van der Waals surface area contributed by atoms with Gasteiger partial charge in [-0.1, -0.05) is 113 Å². The molecule has 0 aromatic heterocycles. The van der Waals surface area contributed by atoms with E-state index in [4.69, 9.17) is 0 Å². The first-order chi connectivity index (χ1) is 14.6. The minimum absolute atomic E-state index is 0.591. The van der Waals surface area contributed by atoms with Crippen LogP contribution < -0.4 is 0 Å². The van der Waals surface area contributed by atoms with Gasteiger partial charge < -0.3 is 0 Å². The van der Waals surface area contributed by atoms with Crippen LogP contribution in [0.4, 0.5) is 8.78 Å². The Morgan fingerprint density at radius 1 is 0.800 bits per heavy atom. The van der Waals surface area contributed by atoms with Crippen molar-refractivity contribution in [1.29, 1.82) is 0 Å². The Labute approximate surface area is 180 Å². The highest BCUT2D eigenvalue weighted by Gasteiger charge is 2.41. The van der Waals surface area contributed by atoms with Gasteiger partial charge in [-0.2, -0.15) is 0 Å². The van der Waals surface area contributed by atoms with E-state index >= 15 is 8.78 Å². The summed E-state index contributed by atoms with van der Waals surface area (Å²) in [6, 6.07) is 17.5. The number of unbranched alkanes of at least 4 members (excludes halogenated alkanes) is 4. The van der Waals surface area contributed by atoms with Crippen LogP contribution in [0.15, 0.2) is 78.4 Å². The molecule has 0 N–H and O–H groups in total. The molecule has 0 bridgehead atoms. The normalized spacial score (nSPS) is 21.3. The summed E-state index contributed by atoms with van der Waals surface area (Å²) in [7, 11) is 0. The lowest BCUT2D eigenvalue weighted by Crippen LogP contribution is -2.29. The van der Waals surface area contributed by atoms with E-state index in [1.54, 1.807) is 0 Å². The maximum absolute atomic E-state index is 15.7. The predicted molar refractivity (Wildman–Crippen MR) is 123 cm³/mol. The summed E-state index contributed by atoms with van der Waals surface area (Å²) in [5.41, 5.74) is 1.91. The Morgan fingerprint density at radius 2 is 1.47 bits per heavy atom. The lowest BCUT2D eigenvalue weighted by Gasteiger charge is -2.35. The standard InChI is InChI=1S/C28H34F2/c1-3-5-8-12-22-15-17-24(18-16-22)28(20-11-6-4-2)21-19-25(26(29)27(28)30)23-13-9-7-10-14-23/h7,9-10,13-19,21,25H,3-6,8,11-12,20H2,1-2H3. The average Bonchev–Trinajstić information content (AvgIpc) is 2.78. The fourth-order valence-electron chi connectivity index (χ4n) is 4.45. The molecule has 30 heavy (non-hydrogen) atoms. The highest BCUT2D eigenvalue weighted by molar-refractivity contribution is 5.48. The molecule has 160 valence electrons. The molecule has 0 fully saturated rings. The van der Waals surface area contributed by atoms with Gasteiger partial charge in [0.05, 0.1) is 11.3 Å². The first-order valence-corrected chi connectivity index (χ1v) is 11.5. The van der Waals surface area contributed by atoms with E-state index in [0.29, 0.717) is 6.42 Å². The van der Waals surface area contributed by atoms with Gasteiger partial charge >= 0.3 is 0 Å². The molecule has 0 saturated carbocycles. The van der Waals surface area contributed by atoms with E-state index in [0.717, 1.165) is 36.8 Å². The van der Waals surface area contributed by atoms with Crippen LogP contribution in [-0.2, 0) is 11.8 Å². The van der Waals surface area contributed by atoms with Crippen molar-refractivity contribution >= 4 is 0 Å². The summed E-state index contributed by atoms with van der Waals surface area (Å²) in [6.45, 7) is 4.33. The van der Waals surface area contributed by atoms with Crippen LogP contribution in [0.3, 0.4) is 0 Å². The van der Waals surface area contributed by atoms with E-state index < -0.39 is 23.0 Å². The third kappa shape index (κ3) is 4.91. The third-order valence-corrected chi connectivity index (χ3v) is 6.32. The molecule has 0 nitrogen and oxygen atoms in total. The molecular weight excluding hydrogens is 374 g/mol. The van der Waals surface area contributed by atoms with Gasteiger partial charge in [-0.15, -0.1) is 0 Å². The molecule has 2 aromatic rings. The number of hydrogen-bond donors (Lipinski definition) is 0. The maximum Gasteiger partial charge on any atom is 0.147 e. The van der Waals surface area contributed by atoms with Crippen molar-refractivity contribution in [3.05, 3.63) is 95.1 Å². The molecule has 0 aliphatic heterocycles. The van der Waals surface area contributed by atoms with Gasteiger partial charge in [0, 0.05) is 0 Å². The van der Waals surface area contributed by atoms with Gasteiger partial charge in [0.2, 0.25) is 0 Å². The van der Waals surface area contributed by atoms with Crippen molar-refractivity contribution in [2.24, 2.45) is 0 Å². The van der Waals surface area contributed by atoms with Crippen LogP contribution in [0, 0.1) is 0 Å². The number of halogens is 2. The largest absolute Gasteiger partial charge is 0.208 e. The maximum atomic E-state index is 15.7. The zero-order valence-electron chi connectivity index (χ0n) is 18.3. The first kappa shape index (κ1) is 22.5. The SMILES string of the molecule is CCCCCc1ccc(C2(CCCCC)C=CC(c3ccccc3)C(F)=C2F)cc1. The average molecular weight is 409 g/mol. The summed E-state index contributed by atoms with van der Waals surface area (Å²) in [4.78, 5) is 0. The Bertz CT molecular complexity index is 848. The minimum Gasteiger partial charge on any atom is -0.208 e. The van der Waals surface area contributed by atoms with E-state index in [1.807, 2.05) is 54.6 Å². The Morgan fingerprint density at radius 3 is 2.13 bits per heavy atom. The van der Waals surface area contributed by atoms with Gasteiger partial charge in [-0.3, -0.25) is 0 Å². The topological polar surface area (TPSA) is 0 Å². The molecule has 0 radical (unpaired) electrons. The van der Waals surface area contributed by atoms with Crippen molar-refractivity contribution in [1.82, 2.24) is 0 Å². The van der Waals surface area contributed by atoms with E-state index in [1.165, 1.54) is 24.8 Å². The van der Waals surface area contributed by atoms with E-state index in [-0.39, 0.29) is 0 Å². The summed E-state index contributed by atoms with van der Waals surface area (Å²) in [5, 5.41) is 0. The van der Waals surface area contributed by atoms with Crippen LogP contribution in [0.5, 0.6) is 0 Å². The molecule has 2 atom stereocenters. The van der Waals surface area contributed by atoms with Crippen LogP contribution in [-0.4, -0.2) is 0 Å². The molecule has 0 heterocycles. The molecule has 0 saturated heterocycles. The quantitative estimate of drug-likeness (QED) is 0.272. The summed E-state index contributed by atoms with van der Waals surface area (Å²) in [5.74, 6) is -1.90. The monoisotopic (exact) mass is 408 g/mol. The first-order valence-electron chi connectivity index (χ1n) is 11.5. The second-order valence-corrected chi connectivity index (χ2v) is 8.49. The van der Waals surface area contributed by atoms with Crippen molar-refractivity contribution in [2.45, 2.75) is 76.5 Å². The number of hydrogen-bond acceptors (Lipinski definition) is 0. The number of benzene rings is 2. The molecule has 1 aliphatic carbocycles. The van der Waals surface area contributed by atoms with Crippen molar-refractivity contribution in [3.63, 3.8) is 0 Å².